The van der Waals surface area contributed by atoms with Gasteiger partial charge in [0, 0.05) is 16.7 Å². The molecule has 4 nitrogen and oxygen atoms in total. The minimum atomic E-state index is -3.52. The van der Waals surface area contributed by atoms with Gasteiger partial charge in [-0.25, -0.2) is 8.42 Å². The molecule has 1 aromatic carbocycles. The maximum absolute atomic E-state index is 12.9. The van der Waals surface area contributed by atoms with Gasteiger partial charge in [0.25, 0.3) is 0 Å². The second-order valence-electron chi connectivity index (χ2n) is 5.03. The summed E-state index contributed by atoms with van der Waals surface area (Å²) in [6, 6.07) is 12.6. The summed E-state index contributed by atoms with van der Waals surface area (Å²) in [5.41, 5.74) is 0.764. The Bertz CT molecular complexity index is 730. The zero-order valence-electron chi connectivity index (χ0n) is 11.3. The first-order valence-corrected chi connectivity index (χ1v) is 8.98. The molecule has 6 heteroatoms. The largest absolute Gasteiger partial charge is 0.260 e. The van der Waals surface area contributed by atoms with Crippen LogP contribution in [0, 0.1) is 0 Å². The topological polar surface area (TPSA) is 50.3 Å². The fraction of sp³-hybridized carbons (Fsp3) is 0.267. The SMILES string of the molecule is O=S(=O)(c1ccccc1Br)N(Cc1ccccn1)C1CC1. The summed E-state index contributed by atoms with van der Waals surface area (Å²) in [5.74, 6) is 0. The fourth-order valence-electron chi connectivity index (χ4n) is 2.20. The van der Waals surface area contributed by atoms with Crippen LogP contribution in [0.4, 0.5) is 0 Å². The van der Waals surface area contributed by atoms with E-state index in [-0.39, 0.29) is 6.04 Å². The highest BCUT2D eigenvalue weighted by Crippen LogP contribution is 2.35. The van der Waals surface area contributed by atoms with Gasteiger partial charge in [-0.2, -0.15) is 4.31 Å². The Labute approximate surface area is 133 Å². The third kappa shape index (κ3) is 3.17. The van der Waals surface area contributed by atoms with E-state index < -0.39 is 10.0 Å². The van der Waals surface area contributed by atoms with Crippen molar-refractivity contribution >= 4 is 26.0 Å². The number of pyridine rings is 1. The smallest absolute Gasteiger partial charge is 0.244 e. The molecule has 0 radical (unpaired) electrons. The Balaban J connectivity index is 1.96. The van der Waals surface area contributed by atoms with E-state index in [0.717, 1.165) is 18.5 Å². The molecule has 1 heterocycles. The highest BCUT2D eigenvalue weighted by Gasteiger charge is 2.38. The number of hydrogen-bond donors (Lipinski definition) is 0. The number of aromatic nitrogens is 1. The van der Waals surface area contributed by atoms with Crippen molar-refractivity contribution in [2.45, 2.75) is 30.3 Å². The fourth-order valence-corrected chi connectivity index (χ4v) is 4.83. The normalized spacial score (nSPS) is 15.3. The number of benzene rings is 1. The second kappa shape index (κ2) is 5.87. The molecular formula is C15H15BrN2O2S. The molecule has 0 amide bonds. The molecule has 0 N–H and O–H groups in total. The number of hydrogen-bond acceptors (Lipinski definition) is 3. The van der Waals surface area contributed by atoms with Crippen LogP contribution in [0.5, 0.6) is 0 Å². The van der Waals surface area contributed by atoms with Crippen molar-refractivity contribution in [3.63, 3.8) is 0 Å². The Kier molecular flexibility index (Phi) is 4.10. The number of sulfonamides is 1. The molecule has 0 spiro atoms. The van der Waals surface area contributed by atoms with Crippen molar-refractivity contribution in [2.75, 3.05) is 0 Å². The van der Waals surface area contributed by atoms with E-state index in [0.29, 0.717) is 15.9 Å². The highest BCUT2D eigenvalue weighted by molar-refractivity contribution is 9.10. The van der Waals surface area contributed by atoms with Crippen LogP contribution in [-0.4, -0.2) is 23.7 Å². The molecule has 0 unspecified atom stereocenters. The lowest BCUT2D eigenvalue weighted by atomic mass is 10.3. The third-order valence-corrected chi connectivity index (χ3v) is 6.33. The van der Waals surface area contributed by atoms with Crippen molar-refractivity contribution < 1.29 is 8.42 Å². The Morgan fingerprint density at radius 3 is 2.48 bits per heavy atom. The summed E-state index contributed by atoms with van der Waals surface area (Å²) in [5, 5.41) is 0. The van der Waals surface area contributed by atoms with Crippen molar-refractivity contribution in [1.29, 1.82) is 0 Å². The predicted octanol–water partition coefficient (Wildman–Crippen LogP) is 3.20. The average Bonchev–Trinajstić information content (AvgIpc) is 3.30. The zero-order chi connectivity index (χ0) is 14.9. The van der Waals surface area contributed by atoms with E-state index in [4.69, 9.17) is 0 Å². The molecule has 1 aliphatic rings. The van der Waals surface area contributed by atoms with Crippen LogP contribution in [0.3, 0.4) is 0 Å². The van der Waals surface area contributed by atoms with Gasteiger partial charge < -0.3 is 0 Å². The molecule has 110 valence electrons. The van der Waals surface area contributed by atoms with E-state index in [9.17, 15) is 8.42 Å². The minimum Gasteiger partial charge on any atom is -0.260 e. The lowest BCUT2D eigenvalue weighted by molar-refractivity contribution is 0.394. The van der Waals surface area contributed by atoms with Gasteiger partial charge in [-0.1, -0.05) is 18.2 Å². The van der Waals surface area contributed by atoms with Gasteiger partial charge in [0.15, 0.2) is 0 Å². The maximum Gasteiger partial charge on any atom is 0.244 e. The molecule has 2 aromatic rings. The van der Waals surface area contributed by atoms with E-state index in [2.05, 4.69) is 20.9 Å². The lowest BCUT2D eigenvalue weighted by Crippen LogP contribution is -2.33. The molecule has 1 fully saturated rings. The van der Waals surface area contributed by atoms with E-state index >= 15 is 0 Å². The molecule has 0 atom stereocenters. The zero-order valence-corrected chi connectivity index (χ0v) is 13.7. The first-order chi connectivity index (χ1) is 10.1. The first-order valence-electron chi connectivity index (χ1n) is 6.75. The van der Waals surface area contributed by atoms with Gasteiger partial charge >= 0.3 is 0 Å². The Morgan fingerprint density at radius 2 is 1.86 bits per heavy atom. The molecule has 1 saturated carbocycles. The van der Waals surface area contributed by atoms with Crippen LogP contribution < -0.4 is 0 Å². The highest BCUT2D eigenvalue weighted by atomic mass is 79.9. The minimum absolute atomic E-state index is 0.0871. The number of rotatable bonds is 5. The van der Waals surface area contributed by atoms with Crippen LogP contribution in [0.15, 0.2) is 58.0 Å². The van der Waals surface area contributed by atoms with Gasteiger partial charge in [-0.3, -0.25) is 4.98 Å². The molecule has 0 bridgehead atoms. The first kappa shape index (κ1) is 14.7. The summed E-state index contributed by atoms with van der Waals surface area (Å²) in [6.45, 7) is 0.315. The van der Waals surface area contributed by atoms with Gasteiger partial charge in [0.2, 0.25) is 10.0 Å². The van der Waals surface area contributed by atoms with Gasteiger partial charge in [-0.05, 0) is 53.0 Å². The summed E-state index contributed by atoms with van der Waals surface area (Å²) in [7, 11) is -3.52. The van der Waals surface area contributed by atoms with Crippen molar-refractivity contribution in [1.82, 2.24) is 9.29 Å². The maximum atomic E-state index is 12.9. The van der Waals surface area contributed by atoms with E-state index in [1.807, 2.05) is 24.3 Å². The number of halogens is 1. The van der Waals surface area contributed by atoms with E-state index in [1.165, 1.54) is 0 Å². The van der Waals surface area contributed by atoms with Crippen molar-refractivity contribution in [3.05, 3.63) is 58.8 Å². The van der Waals surface area contributed by atoms with Crippen LogP contribution in [0.1, 0.15) is 18.5 Å². The summed E-state index contributed by atoms with van der Waals surface area (Å²) >= 11 is 3.33. The van der Waals surface area contributed by atoms with Crippen LogP contribution in [0.25, 0.3) is 0 Å². The second-order valence-corrected chi connectivity index (χ2v) is 7.75. The van der Waals surface area contributed by atoms with Gasteiger partial charge in [0.1, 0.15) is 0 Å². The summed E-state index contributed by atoms with van der Waals surface area (Å²) in [6.07, 6.45) is 3.51. The van der Waals surface area contributed by atoms with Gasteiger partial charge in [0.05, 0.1) is 17.1 Å². The average molecular weight is 367 g/mol. The van der Waals surface area contributed by atoms with E-state index in [1.54, 1.807) is 28.7 Å². The molecule has 0 aliphatic heterocycles. The van der Waals surface area contributed by atoms with Crippen LogP contribution >= 0.6 is 15.9 Å². The lowest BCUT2D eigenvalue weighted by Gasteiger charge is -2.22. The molecular weight excluding hydrogens is 352 g/mol. The number of nitrogens with zero attached hydrogens (tertiary/aromatic N) is 2. The molecule has 3 rings (SSSR count). The van der Waals surface area contributed by atoms with Crippen LogP contribution in [0.2, 0.25) is 0 Å². The Hall–Kier alpha value is -1.24. The van der Waals surface area contributed by atoms with Crippen LogP contribution in [-0.2, 0) is 16.6 Å². The molecule has 1 aromatic heterocycles. The predicted molar refractivity (Wildman–Crippen MR) is 84.1 cm³/mol. The Morgan fingerprint density at radius 1 is 1.14 bits per heavy atom. The monoisotopic (exact) mass is 366 g/mol. The standard InChI is InChI=1S/C15H15BrN2O2S/c16-14-6-1-2-7-15(14)21(19,20)18(13-8-9-13)11-12-5-3-4-10-17-12/h1-7,10,13H,8-9,11H2. The third-order valence-electron chi connectivity index (χ3n) is 3.42. The quantitative estimate of drug-likeness (QED) is 0.816. The van der Waals surface area contributed by atoms with Gasteiger partial charge in [-0.15, -0.1) is 0 Å². The molecule has 0 saturated heterocycles. The van der Waals surface area contributed by atoms with Crippen molar-refractivity contribution in [2.24, 2.45) is 0 Å². The van der Waals surface area contributed by atoms with Crippen molar-refractivity contribution in [3.8, 4) is 0 Å². The summed E-state index contributed by atoms with van der Waals surface area (Å²) < 4.78 is 28.0. The molecule has 21 heavy (non-hydrogen) atoms. The molecule has 1 aliphatic carbocycles. The summed E-state index contributed by atoms with van der Waals surface area (Å²) in [4.78, 5) is 4.55.